The second-order valence-electron chi connectivity index (χ2n) is 4.64. The molecule has 1 saturated heterocycles. The smallest absolute Gasteiger partial charge is 0.254 e. The minimum absolute atomic E-state index is 0.0197. The van der Waals surface area contributed by atoms with Gasteiger partial charge in [-0.1, -0.05) is 12.1 Å². The molecule has 0 aliphatic carbocycles. The van der Waals surface area contributed by atoms with Crippen LogP contribution in [0.2, 0.25) is 0 Å². The monoisotopic (exact) mass is 246 g/mol. The molecule has 2 rings (SSSR count). The first-order valence-corrected chi connectivity index (χ1v) is 6.22. The molecule has 0 spiro atoms. The van der Waals surface area contributed by atoms with E-state index in [0.717, 1.165) is 16.7 Å². The second-order valence-corrected chi connectivity index (χ2v) is 4.64. The fourth-order valence-corrected chi connectivity index (χ4v) is 2.12. The molecule has 0 radical (unpaired) electrons. The average molecular weight is 246 g/mol. The van der Waals surface area contributed by atoms with Crippen LogP contribution in [0.4, 0.5) is 0 Å². The highest BCUT2D eigenvalue weighted by molar-refractivity contribution is 5.96. The van der Waals surface area contributed by atoms with E-state index in [1.54, 1.807) is 4.90 Å². The molecule has 4 nitrogen and oxygen atoms in total. The van der Waals surface area contributed by atoms with Gasteiger partial charge in [-0.25, -0.2) is 0 Å². The van der Waals surface area contributed by atoms with Crippen molar-refractivity contribution < 1.29 is 9.59 Å². The molecule has 0 saturated carbocycles. The molecule has 18 heavy (non-hydrogen) atoms. The van der Waals surface area contributed by atoms with Crippen molar-refractivity contribution in [1.82, 2.24) is 10.2 Å². The Morgan fingerprint density at radius 3 is 2.83 bits per heavy atom. The third kappa shape index (κ3) is 2.53. The molecule has 1 aliphatic rings. The number of hydrogen-bond donors (Lipinski definition) is 1. The van der Waals surface area contributed by atoms with Crippen LogP contribution in [0.1, 0.15) is 27.9 Å². The average Bonchev–Trinajstić information content (AvgIpc) is 2.57. The molecule has 1 aliphatic heterocycles. The number of carbonyl (C=O) groups excluding carboxylic acids is 2. The van der Waals surface area contributed by atoms with E-state index in [0.29, 0.717) is 26.1 Å². The van der Waals surface area contributed by atoms with E-state index in [4.69, 9.17) is 0 Å². The molecule has 0 bridgehead atoms. The van der Waals surface area contributed by atoms with E-state index in [-0.39, 0.29) is 11.8 Å². The zero-order valence-electron chi connectivity index (χ0n) is 10.8. The van der Waals surface area contributed by atoms with Gasteiger partial charge in [-0.2, -0.15) is 0 Å². The van der Waals surface area contributed by atoms with Crippen molar-refractivity contribution in [2.24, 2.45) is 0 Å². The molecule has 0 unspecified atom stereocenters. The molecule has 1 aromatic rings. The molecule has 2 amide bonds. The van der Waals surface area contributed by atoms with Gasteiger partial charge >= 0.3 is 0 Å². The van der Waals surface area contributed by atoms with Crippen LogP contribution in [0.3, 0.4) is 0 Å². The van der Waals surface area contributed by atoms with E-state index in [1.807, 2.05) is 32.0 Å². The second kappa shape index (κ2) is 5.21. The Morgan fingerprint density at radius 1 is 1.28 bits per heavy atom. The van der Waals surface area contributed by atoms with E-state index >= 15 is 0 Å². The summed E-state index contributed by atoms with van der Waals surface area (Å²) in [4.78, 5) is 25.4. The van der Waals surface area contributed by atoms with Crippen molar-refractivity contribution in [3.05, 3.63) is 34.9 Å². The Morgan fingerprint density at radius 2 is 2.06 bits per heavy atom. The highest BCUT2D eigenvalue weighted by Crippen LogP contribution is 2.15. The molecular weight excluding hydrogens is 228 g/mol. The van der Waals surface area contributed by atoms with Crippen LogP contribution in [0, 0.1) is 13.8 Å². The van der Waals surface area contributed by atoms with E-state index in [2.05, 4.69) is 5.32 Å². The lowest BCUT2D eigenvalue weighted by Gasteiger charge is -2.21. The molecule has 1 heterocycles. The van der Waals surface area contributed by atoms with Crippen molar-refractivity contribution in [1.29, 1.82) is 0 Å². The maximum Gasteiger partial charge on any atom is 0.254 e. The van der Waals surface area contributed by atoms with E-state index in [1.165, 1.54) is 0 Å². The first kappa shape index (κ1) is 12.6. The molecular formula is C14H18N2O2. The van der Waals surface area contributed by atoms with Gasteiger partial charge in [0.2, 0.25) is 5.91 Å². The predicted molar refractivity (Wildman–Crippen MR) is 69.4 cm³/mol. The largest absolute Gasteiger partial charge is 0.354 e. The summed E-state index contributed by atoms with van der Waals surface area (Å²) in [6.07, 6.45) is 0.386. The minimum Gasteiger partial charge on any atom is -0.354 e. The number of nitrogens with one attached hydrogen (secondary N) is 1. The zero-order chi connectivity index (χ0) is 13.1. The van der Waals surface area contributed by atoms with Gasteiger partial charge < -0.3 is 10.2 Å². The van der Waals surface area contributed by atoms with Gasteiger partial charge in [0.15, 0.2) is 0 Å². The topological polar surface area (TPSA) is 49.4 Å². The van der Waals surface area contributed by atoms with Gasteiger partial charge in [-0.15, -0.1) is 0 Å². The van der Waals surface area contributed by atoms with Crippen LogP contribution in [-0.4, -0.2) is 36.3 Å². The number of nitrogens with zero attached hydrogens (tertiary/aromatic N) is 1. The number of hydrogen-bond acceptors (Lipinski definition) is 2. The zero-order valence-corrected chi connectivity index (χ0v) is 10.8. The van der Waals surface area contributed by atoms with Crippen molar-refractivity contribution in [3.8, 4) is 0 Å². The third-order valence-corrected chi connectivity index (χ3v) is 3.43. The first-order valence-electron chi connectivity index (χ1n) is 6.22. The van der Waals surface area contributed by atoms with Crippen molar-refractivity contribution in [2.45, 2.75) is 20.3 Å². The fourth-order valence-electron chi connectivity index (χ4n) is 2.12. The van der Waals surface area contributed by atoms with Crippen LogP contribution in [0.5, 0.6) is 0 Å². The Kier molecular flexibility index (Phi) is 3.65. The van der Waals surface area contributed by atoms with Gasteiger partial charge in [-0.05, 0) is 31.0 Å². The summed E-state index contributed by atoms with van der Waals surface area (Å²) in [5, 5.41) is 2.77. The SMILES string of the molecule is Cc1cccc(C(=O)N2CCNC(=O)CC2)c1C. The summed E-state index contributed by atoms with van der Waals surface area (Å²) < 4.78 is 0. The van der Waals surface area contributed by atoms with Crippen LogP contribution in [0.15, 0.2) is 18.2 Å². The fraction of sp³-hybridized carbons (Fsp3) is 0.429. The number of aryl methyl sites for hydroxylation is 1. The maximum atomic E-state index is 12.4. The predicted octanol–water partition coefficient (Wildman–Crippen LogP) is 1.27. The number of rotatable bonds is 1. The summed E-state index contributed by atoms with van der Waals surface area (Å²) in [6.45, 7) is 5.58. The lowest BCUT2D eigenvalue weighted by atomic mass is 10.0. The summed E-state index contributed by atoms with van der Waals surface area (Å²) in [6, 6.07) is 5.75. The minimum atomic E-state index is 0.0197. The Bertz CT molecular complexity index is 483. The lowest BCUT2D eigenvalue weighted by Crippen LogP contribution is -2.34. The number of carbonyl (C=O) groups is 2. The molecule has 1 fully saturated rings. The Balaban J connectivity index is 2.20. The molecule has 4 heteroatoms. The van der Waals surface area contributed by atoms with Crippen molar-refractivity contribution in [2.75, 3.05) is 19.6 Å². The van der Waals surface area contributed by atoms with E-state index in [9.17, 15) is 9.59 Å². The molecule has 96 valence electrons. The molecule has 0 atom stereocenters. The van der Waals surface area contributed by atoms with E-state index < -0.39 is 0 Å². The van der Waals surface area contributed by atoms with Gasteiger partial charge in [0.1, 0.15) is 0 Å². The molecule has 1 N–H and O–H groups in total. The summed E-state index contributed by atoms with van der Waals surface area (Å²) >= 11 is 0. The van der Waals surface area contributed by atoms with Crippen LogP contribution >= 0.6 is 0 Å². The quantitative estimate of drug-likeness (QED) is 0.811. The normalized spacial score (nSPS) is 16.1. The van der Waals surface area contributed by atoms with Crippen molar-refractivity contribution in [3.63, 3.8) is 0 Å². The van der Waals surface area contributed by atoms with Crippen LogP contribution < -0.4 is 5.32 Å². The van der Waals surface area contributed by atoms with Crippen LogP contribution in [-0.2, 0) is 4.79 Å². The third-order valence-electron chi connectivity index (χ3n) is 3.43. The molecule has 1 aromatic carbocycles. The van der Waals surface area contributed by atoms with Crippen molar-refractivity contribution >= 4 is 11.8 Å². The Labute approximate surface area is 107 Å². The highest BCUT2D eigenvalue weighted by Gasteiger charge is 2.21. The summed E-state index contributed by atoms with van der Waals surface area (Å²) in [5.74, 6) is 0.0407. The summed E-state index contributed by atoms with van der Waals surface area (Å²) in [5.41, 5.74) is 2.88. The van der Waals surface area contributed by atoms with Gasteiger partial charge in [0.25, 0.3) is 5.91 Å². The van der Waals surface area contributed by atoms with Gasteiger partial charge in [-0.3, -0.25) is 9.59 Å². The first-order chi connectivity index (χ1) is 8.59. The van der Waals surface area contributed by atoms with Crippen LogP contribution in [0.25, 0.3) is 0 Å². The maximum absolute atomic E-state index is 12.4. The standard InChI is InChI=1S/C14H18N2O2/c1-10-4-3-5-12(11(10)2)14(18)16-8-6-13(17)15-7-9-16/h3-5H,6-9H2,1-2H3,(H,15,17). The number of amides is 2. The van der Waals surface area contributed by atoms with Gasteiger partial charge in [0.05, 0.1) is 0 Å². The Hall–Kier alpha value is -1.84. The lowest BCUT2D eigenvalue weighted by molar-refractivity contribution is -0.120. The number of benzene rings is 1. The highest BCUT2D eigenvalue weighted by atomic mass is 16.2. The molecule has 0 aromatic heterocycles. The van der Waals surface area contributed by atoms with Gasteiger partial charge in [0, 0.05) is 31.6 Å². The summed E-state index contributed by atoms with van der Waals surface area (Å²) in [7, 11) is 0.